The van der Waals surface area contributed by atoms with E-state index in [1.807, 2.05) is 0 Å². The van der Waals surface area contributed by atoms with E-state index < -0.39 is 5.97 Å². The van der Waals surface area contributed by atoms with E-state index in [2.05, 4.69) is 10.1 Å². The van der Waals surface area contributed by atoms with Crippen molar-refractivity contribution >= 4 is 11.7 Å². The number of anilines is 1. The first-order valence-electron chi connectivity index (χ1n) is 5.09. The van der Waals surface area contributed by atoms with Gasteiger partial charge >= 0.3 is 5.97 Å². The first kappa shape index (κ1) is 11.8. The number of carbonyl (C=O) groups is 1. The van der Waals surface area contributed by atoms with Gasteiger partial charge in [0.2, 0.25) is 6.79 Å². The SMILES string of the molecule is COC(=O)C(C#N)=CNc1ccc2c(c1)OCO2. The first-order chi connectivity index (χ1) is 8.74. The van der Waals surface area contributed by atoms with E-state index in [1.54, 1.807) is 24.3 Å². The van der Waals surface area contributed by atoms with Gasteiger partial charge in [-0.25, -0.2) is 4.79 Å². The van der Waals surface area contributed by atoms with Gasteiger partial charge in [-0.1, -0.05) is 0 Å². The second kappa shape index (κ2) is 5.10. The zero-order valence-electron chi connectivity index (χ0n) is 9.60. The molecule has 0 aliphatic carbocycles. The van der Waals surface area contributed by atoms with E-state index in [-0.39, 0.29) is 12.4 Å². The van der Waals surface area contributed by atoms with E-state index in [0.717, 1.165) is 0 Å². The van der Waals surface area contributed by atoms with Crippen molar-refractivity contribution < 1.29 is 19.0 Å². The molecule has 0 saturated heterocycles. The molecule has 0 unspecified atom stereocenters. The summed E-state index contributed by atoms with van der Waals surface area (Å²) in [7, 11) is 1.22. The molecule has 0 spiro atoms. The smallest absolute Gasteiger partial charge is 0.350 e. The van der Waals surface area contributed by atoms with Crippen LogP contribution in [0.1, 0.15) is 0 Å². The molecule has 1 aromatic carbocycles. The molecule has 0 atom stereocenters. The van der Waals surface area contributed by atoms with Gasteiger partial charge in [0.1, 0.15) is 6.07 Å². The lowest BCUT2D eigenvalue weighted by atomic mass is 10.2. The highest BCUT2D eigenvalue weighted by molar-refractivity contribution is 5.93. The van der Waals surface area contributed by atoms with Crippen LogP contribution in [-0.2, 0) is 9.53 Å². The van der Waals surface area contributed by atoms with Crippen molar-refractivity contribution in [1.82, 2.24) is 0 Å². The van der Waals surface area contributed by atoms with E-state index in [0.29, 0.717) is 17.2 Å². The van der Waals surface area contributed by atoms with Crippen LogP contribution in [0.2, 0.25) is 0 Å². The topological polar surface area (TPSA) is 80.6 Å². The summed E-state index contributed by atoms with van der Waals surface area (Å²) in [5, 5.41) is 11.6. The fourth-order valence-corrected chi connectivity index (χ4v) is 1.39. The highest BCUT2D eigenvalue weighted by atomic mass is 16.7. The van der Waals surface area contributed by atoms with E-state index in [1.165, 1.54) is 13.3 Å². The maximum Gasteiger partial charge on any atom is 0.350 e. The van der Waals surface area contributed by atoms with Crippen molar-refractivity contribution in [2.24, 2.45) is 0 Å². The van der Waals surface area contributed by atoms with Crippen LogP contribution >= 0.6 is 0 Å². The van der Waals surface area contributed by atoms with Crippen LogP contribution in [0.5, 0.6) is 11.5 Å². The number of methoxy groups -OCH3 is 1. The van der Waals surface area contributed by atoms with Crippen molar-refractivity contribution in [2.75, 3.05) is 19.2 Å². The van der Waals surface area contributed by atoms with Gasteiger partial charge in [0, 0.05) is 18.0 Å². The Hall–Kier alpha value is -2.68. The third-order valence-corrected chi connectivity index (χ3v) is 2.28. The van der Waals surface area contributed by atoms with Crippen molar-refractivity contribution in [1.29, 1.82) is 5.26 Å². The molecule has 0 fully saturated rings. The Kier molecular flexibility index (Phi) is 3.34. The third kappa shape index (κ3) is 2.35. The van der Waals surface area contributed by atoms with Gasteiger partial charge in [0.05, 0.1) is 7.11 Å². The number of ether oxygens (including phenoxy) is 3. The van der Waals surface area contributed by atoms with Crippen LogP contribution in [-0.4, -0.2) is 19.9 Å². The number of nitrogens with one attached hydrogen (secondary N) is 1. The van der Waals surface area contributed by atoms with E-state index in [9.17, 15) is 4.79 Å². The van der Waals surface area contributed by atoms with Gasteiger partial charge in [-0.15, -0.1) is 0 Å². The van der Waals surface area contributed by atoms with Gasteiger partial charge in [-0.3, -0.25) is 0 Å². The van der Waals surface area contributed by atoms with Crippen molar-refractivity contribution in [2.45, 2.75) is 0 Å². The minimum atomic E-state index is -0.689. The van der Waals surface area contributed by atoms with Crippen molar-refractivity contribution in [3.63, 3.8) is 0 Å². The molecular weight excluding hydrogens is 236 g/mol. The normalized spacial score (nSPS) is 12.8. The fraction of sp³-hybridized carbons (Fsp3) is 0.167. The molecule has 1 heterocycles. The third-order valence-electron chi connectivity index (χ3n) is 2.28. The molecule has 1 N–H and O–H groups in total. The maximum atomic E-state index is 11.2. The van der Waals surface area contributed by atoms with Crippen LogP contribution in [0.4, 0.5) is 5.69 Å². The number of hydrogen-bond acceptors (Lipinski definition) is 6. The molecular formula is C12H10N2O4. The molecule has 6 heteroatoms. The summed E-state index contributed by atoms with van der Waals surface area (Å²) in [5.41, 5.74) is 0.561. The van der Waals surface area contributed by atoms with Crippen LogP contribution < -0.4 is 14.8 Å². The van der Waals surface area contributed by atoms with Crippen LogP contribution in [0.3, 0.4) is 0 Å². The minimum Gasteiger partial charge on any atom is -0.465 e. The summed E-state index contributed by atoms with van der Waals surface area (Å²) in [6, 6.07) is 6.94. The Bertz CT molecular complexity index is 545. The lowest BCUT2D eigenvalue weighted by Crippen LogP contribution is -2.05. The predicted molar refractivity (Wildman–Crippen MR) is 61.9 cm³/mol. The zero-order chi connectivity index (χ0) is 13.0. The number of hydrogen-bond donors (Lipinski definition) is 1. The number of esters is 1. The quantitative estimate of drug-likeness (QED) is 0.493. The molecule has 1 aromatic rings. The number of rotatable bonds is 3. The van der Waals surface area contributed by atoms with Gasteiger partial charge in [0.25, 0.3) is 0 Å². The highest BCUT2D eigenvalue weighted by Gasteiger charge is 2.13. The Labute approximate surface area is 103 Å². The molecule has 0 amide bonds. The second-order valence-corrected chi connectivity index (χ2v) is 3.37. The molecule has 18 heavy (non-hydrogen) atoms. The zero-order valence-corrected chi connectivity index (χ0v) is 9.60. The van der Waals surface area contributed by atoms with E-state index in [4.69, 9.17) is 14.7 Å². The highest BCUT2D eigenvalue weighted by Crippen LogP contribution is 2.34. The number of nitrogens with zero attached hydrogens (tertiary/aromatic N) is 1. The summed E-state index contributed by atoms with van der Waals surface area (Å²) >= 11 is 0. The van der Waals surface area contributed by atoms with Gasteiger partial charge < -0.3 is 19.5 Å². The van der Waals surface area contributed by atoms with Gasteiger partial charge in [0.15, 0.2) is 17.1 Å². The fourth-order valence-electron chi connectivity index (χ4n) is 1.39. The first-order valence-corrected chi connectivity index (χ1v) is 5.09. The van der Waals surface area contributed by atoms with Crippen LogP contribution in [0.25, 0.3) is 0 Å². The van der Waals surface area contributed by atoms with Crippen molar-refractivity contribution in [3.8, 4) is 17.6 Å². The molecule has 0 bridgehead atoms. The Morgan fingerprint density at radius 1 is 1.50 bits per heavy atom. The average molecular weight is 246 g/mol. The average Bonchev–Trinajstić information content (AvgIpc) is 2.86. The molecule has 1 aliphatic rings. The van der Waals surface area contributed by atoms with Gasteiger partial charge in [-0.05, 0) is 12.1 Å². The summed E-state index contributed by atoms with van der Waals surface area (Å²) in [6.45, 7) is 0.195. The minimum absolute atomic E-state index is 0.116. The van der Waals surface area contributed by atoms with Crippen LogP contribution in [0, 0.1) is 11.3 Å². The number of fused-ring (bicyclic) bond motifs is 1. The maximum absolute atomic E-state index is 11.2. The summed E-state index contributed by atoms with van der Waals surface area (Å²) < 4.78 is 14.8. The molecule has 1 aliphatic heterocycles. The summed E-state index contributed by atoms with van der Waals surface area (Å²) in [4.78, 5) is 11.2. The Morgan fingerprint density at radius 3 is 3.00 bits per heavy atom. The monoisotopic (exact) mass is 246 g/mol. The van der Waals surface area contributed by atoms with Gasteiger partial charge in [-0.2, -0.15) is 5.26 Å². The standard InChI is InChI=1S/C12H10N2O4/c1-16-12(15)8(5-13)6-14-9-2-3-10-11(4-9)18-7-17-10/h2-4,6,14H,7H2,1H3. The summed E-state index contributed by atoms with van der Waals surface area (Å²) in [5.74, 6) is 0.591. The molecule has 0 saturated carbocycles. The Morgan fingerprint density at radius 2 is 2.28 bits per heavy atom. The Balaban J connectivity index is 2.13. The molecule has 2 rings (SSSR count). The molecule has 0 radical (unpaired) electrons. The molecule has 92 valence electrons. The molecule has 0 aromatic heterocycles. The van der Waals surface area contributed by atoms with Crippen molar-refractivity contribution in [3.05, 3.63) is 30.0 Å². The van der Waals surface area contributed by atoms with Crippen LogP contribution in [0.15, 0.2) is 30.0 Å². The number of nitriles is 1. The second-order valence-electron chi connectivity index (χ2n) is 3.37. The molecule has 6 nitrogen and oxygen atoms in total. The predicted octanol–water partition coefficient (Wildman–Crippen LogP) is 1.41. The lowest BCUT2D eigenvalue weighted by Gasteiger charge is -2.03. The lowest BCUT2D eigenvalue weighted by molar-refractivity contribution is -0.135. The van der Waals surface area contributed by atoms with E-state index >= 15 is 0 Å². The number of carbonyl (C=O) groups excluding carboxylic acids is 1. The number of benzene rings is 1. The summed E-state index contributed by atoms with van der Waals surface area (Å²) in [6.07, 6.45) is 1.28. The largest absolute Gasteiger partial charge is 0.465 e.